The van der Waals surface area contributed by atoms with Gasteiger partial charge >= 0.3 is 0 Å². The molecule has 0 amide bonds. The summed E-state index contributed by atoms with van der Waals surface area (Å²) in [5.74, 6) is 0.248. The Morgan fingerprint density at radius 3 is 2.81 bits per heavy atom. The van der Waals surface area contributed by atoms with E-state index >= 15 is 0 Å². The van der Waals surface area contributed by atoms with Crippen molar-refractivity contribution in [3.63, 3.8) is 0 Å². The SMILES string of the molecule is Oc1ccccc1CNc1cc(-n2cnnn2)ccc1Cl. The van der Waals surface area contributed by atoms with Crippen LogP contribution in [0.25, 0.3) is 5.69 Å². The molecule has 0 bridgehead atoms. The lowest BCUT2D eigenvalue weighted by Gasteiger charge is -2.11. The maximum atomic E-state index is 9.76. The molecular formula is C14H12ClN5O. The molecular weight excluding hydrogens is 290 g/mol. The number of para-hydroxylation sites is 1. The van der Waals surface area contributed by atoms with Gasteiger partial charge in [-0.15, -0.1) is 5.10 Å². The number of rotatable bonds is 4. The van der Waals surface area contributed by atoms with Gasteiger partial charge in [0.25, 0.3) is 0 Å². The smallest absolute Gasteiger partial charge is 0.143 e. The second-order valence-electron chi connectivity index (χ2n) is 4.40. The van der Waals surface area contributed by atoms with Crippen LogP contribution in [0.4, 0.5) is 5.69 Å². The topological polar surface area (TPSA) is 75.9 Å². The van der Waals surface area contributed by atoms with Crippen LogP contribution in [0.2, 0.25) is 5.02 Å². The first kappa shape index (κ1) is 13.4. The number of hydrogen-bond donors (Lipinski definition) is 2. The van der Waals surface area contributed by atoms with Gasteiger partial charge in [-0.05, 0) is 34.7 Å². The van der Waals surface area contributed by atoms with Gasteiger partial charge in [0.15, 0.2) is 0 Å². The molecule has 2 N–H and O–H groups in total. The first-order valence-electron chi connectivity index (χ1n) is 6.28. The van der Waals surface area contributed by atoms with E-state index in [1.165, 1.54) is 6.33 Å². The van der Waals surface area contributed by atoms with Gasteiger partial charge < -0.3 is 10.4 Å². The standard InChI is InChI=1S/C14H12ClN5O/c15-12-6-5-11(20-9-17-18-19-20)7-13(12)16-8-10-3-1-2-4-14(10)21/h1-7,9,16,21H,8H2. The number of anilines is 1. The maximum absolute atomic E-state index is 9.76. The predicted molar refractivity (Wildman–Crippen MR) is 79.6 cm³/mol. The Morgan fingerprint density at radius 1 is 1.19 bits per heavy atom. The Balaban J connectivity index is 1.82. The summed E-state index contributed by atoms with van der Waals surface area (Å²) < 4.78 is 1.54. The van der Waals surface area contributed by atoms with Crippen molar-refractivity contribution in [3.05, 3.63) is 59.4 Å². The van der Waals surface area contributed by atoms with Crippen molar-refractivity contribution in [2.45, 2.75) is 6.54 Å². The highest BCUT2D eigenvalue weighted by molar-refractivity contribution is 6.33. The summed E-state index contributed by atoms with van der Waals surface area (Å²) in [6.07, 6.45) is 1.51. The zero-order valence-corrected chi connectivity index (χ0v) is 11.7. The van der Waals surface area contributed by atoms with Gasteiger partial charge in [-0.3, -0.25) is 0 Å². The molecule has 0 spiro atoms. The number of phenolic OH excluding ortho intramolecular Hbond substituents is 1. The fourth-order valence-corrected chi connectivity index (χ4v) is 2.11. The van der Waals surface area contributed by atoms with Crippen LogP contribution in [-0.2, 0) is 6.54 Å². The third-order valence-corrected chi connectivity index (χ3v) is 3.35. The van der Waals surface area contributed by atoms with E-state index in [-0.39, 0.29) is 5.75 Å². The van der Waals surface area contributed by atoms with Gasteiger partial charge in [0, 0.05) is 12.1 Å². The number of nitrogens with zero attached hydrogens (tertiary/aromatic N) is 4. The van der Waals surface area contributed by atoms with Gasteiger partial charge in [-0.1, -0.05) is 29.8 Å². The summed E-state index contributed by atoms with van der Waals surface area (Å²) in [5.41, 5.74) is 2.33. The zero-order valence-electron chi connectivity index (χ0n) is 10.9. The summed E-state index contributed by atoms with van der Waals surface area (Å²) in [6, 6.07) is 12.6. The molecule has 0 saturated heterocycles. The third kappa shape index (κ3) is 2.95. The fourth-order valence-electron chi connectivity index (χ4n) is 1.92. The molecule has 0 unspecified atom stereocenters. The molecule has 3 aromatic rings. The van der Waals surface area contributed by atoms with E-state index in [9.17, 15) is 5.11 Å². The maximum Gasteiger partial charge on any atom is 0.143 e. The number of nitrogens with one attached hydrogen (secondary N) is 1. The van der Waals surface area contributed by atoms with Crippen LogP contribution in [0, 0.1) is 0 Å². The number of aromatic hydroxyl groups is 1. The Kier molecular flexibility index (Phi) is 3.70. The summed E-state index contributed by atoms with van der Waals surface area (Å²) in [5, 5.41) is 24.6. The number of benzene rings is 2. The average Bonchev–Trinajstić information content (AvgIpc) is 3.02. The number of aromatic nitrogens is 4. The summed E-state index contributed by atoms with van der Waals surface area (Å²) in [6.45, 7) is 0.464. The van der Waals surface area contributed by atoms with Crippen LogP contribution < -0.4 is 5.32 Å². The van der Waals surface area contributed by atoms with Crippen molar-refractivity contribution in [2.75, 3.05) is 5.32 Å². The molecule has 2 aromatic carbocycles. The number of phenols is 1. The van der Waals surface area contributed by atoms with Crippen molar-refractivity contribution in [1.82, 2.24) is 20.2 Å². The van der Waals surface area contributed by atoms with Gasteiger partial charge in [0.05, 0.1) is 16.4 Å². The molecule has 1 aromatic heterocycles. The van der Waals surface area contributed by atoms with Crippen molar-refractivity contribution >= 4 is 17.3 Å². The predicted octanol–water partition coefficient (Wildman–Crippen LogP) is 2.63. The van der Waals surface area contributed by atoms with E-state index < -0.39 is 0 Å². The lowest BCUT2D eigenvalue weighted by atomic mass is 10.2. The fraction of sp³-hybridized carbons (Fsp3) is 0.0714. The van der Waals surface area contributed by atoms with Gasteiger partial charge in [0.1, 0.15) is 12.1 Å². The van der Waals surface area contributed by atoms with Crippen LogP contribution >= 0.6 is 11.6 Å². The molecule has 3 rings (SSSR count). The first-order chi connectivity index (χ1) is 10.2. The second-order valence-corrected chi connectivity index (χ2v) is 4.81. The molecule has 0 aliphatic rings. The lowest BCUT2D eigenvalue weighted by Crippen LogP contribution is -2.02. The van der Waals surface area contributed by atoms with Crippen LogP contribution in [0.3, 0.4) is 0 Å². The third-order valence-electron chi connectivity index (χ3n) is 3.02. The van der Waals surface area contributed by atoms with E-state index in [0.29, 0.717) is 11.6 Å². The molecule has 7 heteroatoms. The van der Waals surface area contributed by atoms with Crippen LogP contribution in [0.5, 0.6) is 5.75 Å². The Morgan fingerprint density at radius 2 is 2.05 bits per heavy atom. The van der Waals surface area contributed by atoms with Crippen LogP contribution in [0.1, 0.15) is 5.56 Å². The minimum Gasteiger partial charge on any atom is -0.508 e. The van der Waals surface area contributed by atoms with Crippen LogP contribution in [0.15, 0.2) is 48.8 Å². The minimum atomic E-state index is 0.248. The molecule has 0 aliphatic heterocycles. The van der Waals surface area contributed by atoms with E-state index in [2.05, 4.69) is 20.8 Å². The first-order valence-corrected chi connectivity index (χ1v) is 6.65. The molecule has 0 atom stereocenters. The van der Waals surface area contributed by atoms with Crippen LogP contribution in [-0.4, -0.2) is 25.3 Å². The number of halogens is 1. The summed E-state index contributed by atoms with van der Waals surface area (Å²) in [7, 11) is 0. The minimum absolute atomic E-state index is 0.248. The van der Waals surface area contributed by atoms with E-state index in [0.717, 1.165) is 16.9 Å². The number of tetrazole rings is 1. The van der Waals surface area contributed by atoms with E-state index in [4.69, 9.17) is 11.6 Å². The average molecular weight is 302 g/mol. The molecule has 106 valence electrons. The Bertz CT molecular complexity index is 745. The number of hydrogen-bond acceptors (Lipinski definition) is 5. The highest BCUT2D eigenvalue weighted by Gasteiger charge is 2.06. The quantitative estimate of drug-likeness (QED) is 0.775. The molecule has 0 saturated carbocycles. The molecule has 0 aliphatic carbocycles. The zero-order chi connectivity index (χ0) is 14.7. The van der Waals surface area contributed by atoms with Gasteiger partial charge in [-0.25, -0.2) is 4.68 Å². The summed E-state index contributed by atoms with van der Waals surface area (Å²) in [4.78, 5) is 0. The van der Waals surface area contributed by atoms with Crippen molar-refractivity contribution in [3.8, 4) is 11.4 Å². The van der Waals surface area contributed by atoms with Crippen molar-refractivity contribution in [2.24, 2.45) is 0 Å². The molecule has 0 radical (unpaired) electrons. The normalized spacial score (nSPS) is 10.5. The Labute approximate surface area is 126 Å². The molecule has 6 nitrogen and oxygen atoms in total. The molecule has 1 heterocycles. The molecule has 0 fully saturated rings. The van der Waals surface area contributed by atoms with Gasteiger partial charge in [-0.2, -0.15) is 0 Å². The van der Waals surface area contributed by atoms with E-state index in [1.807, 2.05) is 24.3 Å². The van der Waals surface area contributed by atoms with E-state index in [1.54, 1.807) is 22.9 Å². The van der Waals surface area contributed by atoms with Crippen molar-refractivity contribution < 1.29 is 5.11 Å². The summed E-state index contributed by atoms with van der Waals surface area (Å²) >= 11 is 6.18. The highest BCUT2D eigenvalue weighted by atomic mass is 35.5. The second kappa shape index (κ2) is 5.80. The highest BCUT2D eigenvalue weighted by Crippen LogP contribution is 2.26. The van der Waals surface area contributed by atoms with Gasteiger partial charge in [0.2, 0.25) is 0 Å². The van der Waals surface area contributed by atoms with Crippen molar-refractivity contribution in [1.29, 1.82) is 0 Å². The lowest BCUT2D eigenvalue weighted by molar-refractivity contribution is 0.469. The Hall–Kier alpha value is -2.60. The molecule has 21 heavy (non-hydrogen) atoms. The monoisotopic (exact) mass is 301 g/mol. The largest absolute Gasteiger partial charge is 0.508 e.